The molecule has 2 aromatic rings. The van der Waals surface area contributed by atoms with Gasteiger partial charge >= 0.3 is 0 Å². The molecule has 0 saturated carbocycles. The Balaban J connectivity index is 2.40. The molecule has 0 saturated heterocycles. The Hall–Kier alpha value is -1.33. The van der Waals surface area contributed by atoms with Crippen LogP contribution in [0.2, 0.25) is 5.02 Å². The summed E-state index contributed by atoms with van der Waals surface area (Å²) in [4.78, 5) is 0. The molecule has 6 heteroatoms. The molecule has 2 rings (SSSR count). The van der Waals surface area contributed by atoms with Gasteiger partial charge in [-0.15, -0.1) is 0 Å². The summed E-state index contributed by atoms with van der Waals surface area (Å²) in [6.45, 7) is 9.12. The standard InChI is InChI=1S/C15H24ClN5/c1-7-17-12(14-9(2)18-20(5)11(14)4)8-13-15(16)10(3)19-21(13)6/h12,17H,7-8H2,1-6H3. The maximum atomic E-state index is 6.40. The lowest BCUT2D eigenvalue weighted by Crippen LogP contribution is -2.25. The Kier molecular flexibility index (Phi) is 4.74. The lowest BCUT2D eigenvalue weighted by Gasteiger charge is -2.19. The van der Waals surface area contributed by atoms with Crippen molar-refractivity contribution in [1.82, 2.24) is 24.9 Å². The van der Waals surface area contributed by atoms with Gasteiger partial charge in [-0.25, -0.2) is 0 Å². The number of nitrogens with one attached hydrogen (secondary N) is 1. The molecule has 1 atom stereocenters. The molecule has 0 spiro atoms. The van der Waals surface area contributed by atoms with Crippen molar-refractivity contribution in [3.8, 4) is 0 Å². The number of aromatic nitrogens is 4. The molecule has 0 aromatic carbocycles. The second kappa shape index (κ2) is 6.20. The number of hydrogen-bond donors (Lipinski definition) is 1. The van der Waals surface area contributed by atoms with Gasteiger partial charge in [-0.1, -0.05) is 18.5 Å². The summed E-state index contributed by atoms with van der Waals surface area (Å²) in [5.74, 6) is 0. The number of nitrogens with zero attached hydrogens (tertiary/aromatic N) is 4. The summed E-state index contributed by atoms with van der Waals surface area (Å²) in [5, 5.41) is 13.2. The van der Waals surface area contributed by atoms with Crippen molar-refractivity contribution in [3.63, 3.8) is 0 Å². The van der Waals surface area contributed by atoms with Gasteiger partial charge in [-0.3, -0.25) is 9.36 Å². The van der Waals surface area contributed by atoms with Gasteiger partial charge in [-0.2, -0.15) is 10.2 Å². The number of likely N-dealkylation sites (N-methyl/N-ethyl adjacent to an activating group) is 1. The molecule has 0 bridgehead atoms. The highest BCUT2D eigenvalue weighted by Gasteiger charge is 2.23. The molecule has 2 heterocycles. The van der Waals surface area contributed by atoms with E-state index in [0.29, 0.717) is 0 Å². The molecule has 0 aliphatic rings. The predicted molar refractivity (Wildman–Crippen MR) is 85.8 cm³/mol. The Morgan fingerprint density at radius 1 is 1.10 bits per heavy atom. The minimum atomic E-state index is 0.191. The van der Waals surface area contributed by atoms with E-state index in [1.165, 1.54) is 11.3 Å². The maximum Gasteiger partial charge on any atom is 0.0847 e. The van der Waals surface area contributed by atoms with Gasteiger partial charge in [0.05, 0.1) is 22.1 Å². The van der Waals surface area contributed by atoms with Crippen molar-refractivity contribution in [3.05, 3.63) is 33.4 Å². The van der Waals surface area contributed by atoms with E-state index in [4.69, 9.17) is 11.6 Å². The van der Waals surface area contributed by atoms with Crippen molar-refractivity contribution in [2.45, 2.75) is 40.2 Å². The van der Waals surface area contributed by atoms with E-state index in [2.05, 4.69) is 36.3 Å². The van der Waals surface area contributed by atoms with Gasteiger partial charge in [0.2, 0.25) is 0 Å². The second-order valence-electron chi connectivity index (χ2n) is 5.49. The third kappa shape index (κ3) is 2.99. The van der Waals surface area contributed by atoms with Crippen molar-refractivity contribution < 1.29 is 0 Å². The number of aryl methyl sites for hydroxylation is 4. The number of rotatable bonds is 5. The minimum Gasteiger partial charge on any atom is -0.310 e. The first-order valence-corrected chi connectivity index (χ1v) is 7.66. The fraction of sp³-hybridized carbons (Fsp3) is 0.600. The summed E-state index contributed by atoms with van der Waals surface area (Å²) in [7, 11) is 3.93. The molecular formula is C15H24ClN5. The van der Waals surface area contributed by atoms with E-state index in [-0.39, 0.29) is 6.04 Å². The number of halogens is 1. The van der Waals surface area contributed by atoms with Gasteiger partial charge in [0.15, 0.2) is 0 Å². The Morgan fingerprint density at radius 3 is 2.14 bits per heavy atom. The molecule has 116 valence electrons. The molecular weight excluding hydrogens is 286 g/mol. The summed E-state index contributed by atoms with van der Waals surface area (Å²) >= 11 is 6.40. The lowest BCUT2D eigenvalue weighted by molar-refractivity contribution is 0.524. The quantitative estimate of drug-likeness (QED) is 0.923. The minimum absolute atomic E-state index is 0.191. The van der Waals surface area contributed by atoms with E-state index in [1.807, 2.05) is 30.4 Å². The highest BCUT2D eigenvalue weighted by molar-refractivity contribution is 6.31. The molecule has 0 aliphatic heterocycles. The van der Waals surface area contributed by atoms with Crippen LogP contribution in [0.25, 0.3) is 0 Å². The van der Waals surface area contributed by atoms with E-state index >= 15 is 0 Å². The molecule has 0 radical (unpaired) electrons. The SMILES string of the molecule is CCNC(Cc1c(Cl)c(C)nn1C)c1c(C)nn(C)c1C. The number of hydrogen-bond acceptors (Lipinski definition) is 3. The molecule has 2 aromatic heterocycles. The first-order valence-electron chi connectivity index (χ1n) is 7.28. The van der Waals surface area contributed by atoms with Crippen LogP contribution >= 0.6 is 11.6 Å². The van der Waals surface area contributed by atoms with Crippen molar-refractivity contribution in [2.75, 3.05) is 6.54 Å². The summed E-state index contributed by atoms with van der Waals surface area (Å²) in [6.07, 6.45) is 0.803. The van der Waals surface area contributed by atoms with Crippen LogP contribution in [0, 0.1) is 20.8 Å². The van der Waals surface area contributed by atoms with Gasteiger partial charge in [0.1, 0.15) is 0 Å². The normalized spacial score (nSPS) is 12.9. The predicted octanol–water partition coefficient (Wildman–Crippen LogP) is 2.63. The zero-order chi connectivity index (χ0) is 15.7. The zero-order valence-electron chi connectivity index (χ0n) is 13.7. The summed E-state index contributed by atoms with van der Waals surface area (Å²) in [5.41, 5.74) is 5.45. The molecule has 0 amide bonds. The molecule has 1 unspecified atom stereocenters. The largest absolute Gasteiger partial charge is 0.310 e. The lowest BCUT2D eigenvalue weighted by atomic mass is 9.99. The van der Waals surface area contributed by atoms with Gasteiger partial charge in [-0.05, 0) is 27.3 Å². The van der Waals surface area contributed by atoms with Crippen molar-refractivity contribution in [2.24, 2.45) is 14.1 Å². The Morgan fingerprint density at radius 2 is 1.71 bits per heavy atom. The van der Waals surface area contributed by atoms with Crippen LogP contribution in [-0.2, 0) is 20.5 Å². The van der Waals surface area contributed by atoms with Crippen molar-refractivity contribution in [1.29, 1.82) is 0 Å². The highest BCUT2D eigenvalue weighted by Crippen LogP contribution is 2.28. The molecule has 21 heavy (non-hydrogen) atoms. The van der Waals surface area contributed by atoms with E-state index in [1.54, 1.807) is 0 Å². The fourth-order valence-corrected chi connectivity index (χ4v) is 3.15. The maximum absolute atomic E-state index is 6.40. The van der Waals surface area contributed by atoms with Crippen LogP contribution in [0.5, 0.6) is 0 Å². The molecule has 1 N–H and O–H groups in total. The zero-order valence-corrected chi connectivity index (χ0v) is 14.4. The van der Waals surface area contributed by atoms with Crippen molar-refractivity contribution >= 4 is 11.6 Å². The van der Waals surface area contributed by atoms with E-state index < -0.39 is 0 Å². The average Bonchev–Trinajstić information content (AvgIpc) is 2.80. The summed E-state index contributed by atoms with van der Waals surface area (Å²) < 4.78 is 3.81. The smallest absolute Gasteiger partial charge is 0.0847 e. The topological polar surface area (TPSA) is 47.7 Å². The first kappa shape index (κ1) is 16.0. The third-order valence-electron chi connectivity index (χ3n) is 4.02. The van der Waals surface area contributed by atoms with E-state index in [9.17, 15) is 0 Å². The first-order chi connectivity index (χ1) is 9.86. The fourth-order valence-electron chi connectivity index (χ4n) is 2.91. The van der Waals surface area contributed by atoms with Crippen LogP contribution < -0.4 is 5.32 Å². The summed E-state index contributed by atoms with van der Waals surface area (Å²) in [6, 6.07) is 0.191. The molecule has 5 nitrogen and oxygen atoms in total. The monoisotopic (exact) mass is 309 g/mol. The van der Waals surface area contributed by atoms with Gasteiger partial charge in [0, 0.05) is 37.8 Å². The highest BCUT2D eigenvalue weighted by atomic mass is 35.5. The van der Waals surface area contributed by atoms with Crippen LogP contribution in [0.1, 0.15) is 41.3 Å². The van der Waals surface area contributed by atoms with Crippen LogP contribution in [0.4, 0.5) is 0 Å². The second-order valence-corrected chi connectivity index (χ2v) is 5.87. The van der Waals surface area contributed by atoms with Crippen LogP contribution in [-0.4, -0.2) is 26.1 Å². The van der Waals surface area contributed by atoms with Crippen LogP contribution in [0.3, 0.4) is 0 Å². The van der Waals surface area contributed by atoms with E-state index in [0.717, 1.165) is 35.1 Å². The van der Waals surface area contributed by atoms with Gasteiger partial charge in [0.25, 0.3) is 0 Å². The van der Waals surface area contributed by atoms with Crippen LogP contribution in [0.15, 0.2) is 0 Å². The molecule has 0 fully saturated rings. The Bertz CT molecular complexity index is 641. The third-order valence-corrected chi connectivity index (χ3v) is 4.51. The average molecular weight is 310 g/mol. The Labute approximate surface area is 131 Å². The van der Waals surface area contributed by atoms with Gasteiger partial charge < -0.3 is 5.32 Å². The molecule has 0 aliphatic carbocycles.